The first-order chi connectivity index (χ1) is 17.1. The summed E-state index contributed by atoms with van der Waals surface area (Å²) in [6, 6.07) is 14.4. The SMILES string of the molecule is COc1cc(N2CCP(C)(=O)CC2)ccc1Nc1cc(Nc2ccccc2S(=O)(=O)C(C)C)cnn1. The number of hydrogen-bond acceptors (Lipinski definition) is 9. The normalized spacial score (nSPS) is 15.5. The second-order valence-electron chi connectivity index (χ2n) is 9.29. The van der Waals surface area contributed by atoms with Crippen molar-refractivity contribution in [1.29, 1.82) is 0 Å². The fourth-order valence-electron chi connectivity index (χ4n) is 3.99. The van der Waals surface area contributed by atoms with E-state index in [2.05, 4.69) is 25.7 Å². The smallest absolute Gasteiger partial charge is 0.182 e. The third-order valence-electron chi connectivity index (χ3n) is 6.25. The van der Waals surface area contributed by atoms with Crippen LogP contribution < -0.4 is 20.3 Å². The molecule has 1 aromatic heterocycles. The van der Waals surface area contributed by atoms with Gasteiger partial charge in [0.05, 0.1) is 47.7 Å². The maximum Gasteiger partial charge on any atom is 0.182 e. The van der Waals surface area contributed by atoms with Crippen LogP contribution in [-0.2, 0) is 14.4 Å². The zero-order valence-corrected chi connectivity index (χ0v) is 22.6. The summed E-state index contributed by atoms with van der Waals surface area (Å²) in [6.45, 7) is 6.72. The predicted molar refractivity (Wildman–Crippen MR) is 146 cm³/mol. The lowest BCUT2D eigenvalue weighted by Gasteiger charge is -2.32. The van der Waals surface area contributed by atoms with Gasteiger partial charge in [-0.25, -0.2) is 8.42 Å². The molecule has 9 nitrogen and oxygen atoms in total. The van der Waals surface area contributed by atoms with E-state index in [1.807, 2.05) is 24.9 Å². The number of sulfone groups is 1. The van der Waals surface area contributed by atoms with Gasteiger partial charge in [-0.2, -0.15) is 5.10 Å². The van der Waals surface area contributed by atoms with Gasteiger partial charge in [0, 0.05) is 43.2 Å². The number of rotatable bonds is 8. The van der Waals surface area contributed by atoms with E-state index in [-0.39, 0.29) is 4.90 Å². The second-order valence-corrected chi connectivity index (χ2v) is 15.2. The van der Waals surface area contributed by atoms with Crippen molar-refractivity contribution >= 4 is 45.5 Å². The van der Waals surface area contributed by atoms with E-state index in [0.717, 1.165) is 18.8 Å². The Bertz CT molecular complexity index is 1380. The molecule has 0 aliphatic carbocycles. The summed E-state index contributed by atoms with van der Waals surface area (Å²) >= 11 is 0. The number of nitrogens with one attached hydrogen (secondary N) is 2. The summed E-state index contributed by atoms with van der Waals surface area (Å²) in [5.74, 6) is 1.12. The summed E-state index contributed by atoms with van der Waals surface area (Å²) in [5.41, 5.74) is 2.80. The summed E-state index contributed by atoms with van der Waals surface area (Å²) in [7, 11) is -3.86. The van der Waals surface area contributed by atoms with Crippen molar-refractivity contribution in [3.05, 3.63) is 54.7 Å². The maximum atomic E-state index is 12.8. The zero-order chi connectivity index (χ0) is 25.9. The Hall–Kier alpha value is -3.10. The van der Waals surface area contributed by atoms with Crippen molar-refractivity contribution < 1.29 is 17.7 Å². The molecule has 2 N–H and O–H groups in total. The minimum Gasteiger partial charge on any atom is -0.494 e. The van der Waals surface area contributed by atoms with Gasteiger partial charge in [-0.1, -0.05) is 12.1 Å². The molecule has 1 aliphatic rings. The molecule has 11 heteroatoms. The molecule has 0 atom stereocenters. The number of methoxy groups -OCH3 is 1. The van der Waals surface area contributed by atoms with Crippen molar-refractivity contribution in [3.63, 3.8) is 0 Å². The molecule has 0 bridgehead atoms. The minimum atomic E-state index is -3.47. The van der Waals surface area contributed by atoms with Gasteiger partial charge in [0.25, 0.3) is 0 Å². The Morgan fingerprint density at radius 3 is 2.44 bits per heavy atom. The Morgan fingerprint density at radius 2 is 1.75 bits per heavy atom. The number of anilines is 5. The molecule has 3 aromatic rings. The average molecular weight is 530 g/mol. The van der Waals surface area contributed by atoms with E-state index in [4.69, 9.17) is 4.74 Å². The number of hydrogen-bond donors (Lipinski definition) is 2. The first-order valence-corrected chi connectivity index (χ1v) is 15.8. The van der Waals surface area contributed by atoms with Crippen LogP contribution in [0, 0.1) is 0 Å². The largest absolute Gasteiger partial charge is 0.494 e. The lowest BCUT2D eigenvalue weighted by atomic mass is 10.2. The molecule has 1 aliphatic heterocycles. The van der Waals surface area contributed by atoms with E-state index < -0.39 is 22.2 Å². The molecular formula is C25H32N5O4PS. The predicted octanol–water partition coefficient (Wildman–Crippen LogP) is 4.97. The van der Waals surface area contributed by atoms with Crippen molar-refractivity contribution in [2.75, 3.05) is 54.7 Å². The number of para-hydroxylation sites is 1. The summed E-state index contributed by atoms with van der Waals surface area (Å²) in [6.07, 6.45) is 2.96. The van der Waals surface area contributed by atoms with Gasteiger partial charge in [-0.15, -0.1) is 5.10 Å². The quantitative estimate of drug-likeness (QED) is 0.391. The fourth-order valence-corrected chi connectivity index (χ4v) is 6.74. The molecule has 0 spiro atoms. The van der Waals surface area contributed by atoms with Crippen LogP contribution in [0.3, 0.4) is 0 Å². The van der Waals surface area contributed by atoms with Gasteiger partial charge in [-0.05, 0) is 44.8 Å². The molecule has 1 fully saturated rings. The van der Waals surface area contributed by atoms with Crippen LogP contribution in [-0.4, -0.2) is 63.1 Å². The molecule has 36 heavy (non-hydrogen) atoms. The number of ether oxygens (including phenoxy) is 1. The second kappa shape index (κ2) is 10.5. The molecule has 0 radical (unpaired) electrons. The molecule has 1 saturated heterocycles. The molecule has 2 aromatic carbocycles. The molecular weight excluding hydrogens is 497 g/mol. The lowest BCUT2D eigenvalue weighted by Crippen LogP contribution is -2.34. The first kappa shape index (κ1) is 26.0. The van der Waals surface area contributed by atoms with Gasteiger partial charge in [-0.3, -0.25) is 0 Å². The molecule has 192 valence electrons. The molecule has 0 amide bonds. The Labute approximate surface area is 212 Å². The number of benzene rings is 2. The summed E-state index contributed by atoms with van der Waals surface area (Å²) in [5, 5.41) is 14.1. The van der Waals surface area contributed by atoms with E-state index in [9.17, 15) is 13.0 Å². The summed E-state index contributed by atoms with van der Waals surface area (Å²) in [4.78, 5) is 2.46. The van der Waals surface area contributed by atoms with E-state index >= 15 is 0 Å². The van der Waals surface area contributed by atoms with Gasteiger partial charge in [0.1, 0.15) is 5.75 Å². The molecule has 0 unspecified atom stereocenters. The van der Waals surface area contributed by atoms with E-state index in [1.165, 1.54) is 6.20 Å². The van der Waals surface area contributed by atoms with Crippen LogP contribution >= 0.6 is 7.14 Å². The number of aromatic nitrogens is 2. The van der Waals surface area contributed by atoms with Gasteiger partial charge in [0.15, 0.2) is 15.7 Å². The third kappa shape index (κ3) is 5.82. The van der Waals surface area contributed by atoms with Crippen LogP contribution in [0.2, 0.25) is 0 Å². The van der Waals surface area contributed by atoms with Gasteiger partial charge >= 0.3 is 0 Å². The fraction of sp³-hybridized carbons (Fsp3) is 0.360. The Morgan fingerprint density at radius 1 is 1.03 bits per heavy atom. The van der Waals surface area contributed by atoms with Crippen LogP contribution in [0.4, 0.5) is 28.6 Å². The van der Waals surface area contributed by atoms with Crippen LogP contribution in [0.1, 0.15) is 13.8 Å². The minimum absolute atomic E-state index is 0.237. The topological polar surface area (TPSA) is 114 Å². The zero-order valence-electron chi connectivity index (χ0n) is 20.9. The Kier molecular flexibility index (Phi) is 7.57. The first-order valence-electron chi connectivity index (χ1n) is 11.8. The van der Waals surface area contributed by atoms with Crippen molar-refractivity contribution in [2.24, 2.45) is 0 Å². The molecule has 2 heterocycles. The van der Waals surface area contributed by atoms with Gasteiger partial charge < -0.3 is 24.8 Å². The molecule has 0 saturated carbocycles. The average Bonchev–Trinajstić information content (AvgIpc) is 2.85. The highest BCUT2D eigenvalue weighted by Crippen LogP contribution is 2.44. The van der Waals surface area contributed by atoms with E-state index in [1.54, 1.807) is 51.3 Å². The standard InChI is InChI=1S/C25H32N5O4PS/c1-18(2)36(32,33)24-8-6-5-7-22(24)27-19-15-25(29-26-17-19)28-21-10-9-20(16-23(21)34-3)30-11-13-35(4,31)14-12-30/h5-10,15-18H,11-14H2,1-4H3,(H2,27,28,29). The van der Waals surface area contributed by atoms with E-state index in [0.29, 0.717) is 41.0 Å². The maximum absolute atomic E-state index is 12.8. The molecule has 4 rings (SSSR count). The van der Waals surface area contributed by atoms with Crippen LogP contribution in [0.25, 0.3) is 0 Å². The lowest BCUT2D eigenvalue weighted by molar-refractivity contribution is 0.417. The third-order valence-corrected chi connectivity index (χ3v) is 10.7. The van der Waals surface area contributed by atoms with Crippen LogP contribution in [0.5, 0.6) is 5.75 Å². The Balaban J connectivity index is 1.54. The monoisotopic (exact) mass is 529 g/mol. The highest BCUT2D eigenvalue weighted by Gasteiger charge is 2.25. The van der Waals surface area contributed by atoms with Crippen molar-refractivity contribution in [2.45, 2.75) is 24.0 Å². The van der Waals surface area contributed by atoms with Crippen molar-refractivity contribution in [3.8, 4) is 5.75 Å². The highest BCUT2D eigenvalue weighted by atomic mass is 32.2. The summed E-state index contributed by atoms with van der Waals surface area (Å²) < 4.78 is 43.5. The van der Waals surface area contributed by atoms with Gasteiger partial charge in [0.2, 0.25) is 0 Å². The number of nitrogens with zero attached hydrogens (tertiary/aromatic N) is 3. The van der Waals surface area contributed by atoms with Crippen LogP contribution in [0.15, 0.2) is 59.6 Å². The highest BCUT2D eigenvalue weighted by molar-refractivity contribution is 7.92. The van der Waals surface area contributed by atoms with Crippen molar-refractivity contribution in [1.82, 2.24) is 10.2 Å².